The summed E-state index contributed by atoms with van der Waals surface area (Å²) in [7, 11) is -3.88. The number of carbonyl (C=O) groups is 1. The van der Waals surface area contributed by atoms with Crippen molar-refractivity contribution in [2.24, 2.45) is 11.8 Å². The van der Waals surface area contributed by atoms with Crippen molar-refractivity contribution in [3.05, 3.63) is 23.8 Å². The lowest BCUT2D eigenvalue weighted by Crippen LogP contribution is -2.50. The zero-order valence-electron chi connectivity index (χ0n) is 17.4. The molecular formula is C21H33N3O4S. The van der Waals surface area contributed by atoms with E-state index in [1.54, 1.807) is 17.0 Å². The van der Waals surface area contributed by atoms with E-state index in [-0.39, 0.29) is 23.8 Å². The third-order valence-corrected chi connectivity index (χ3v) is 7.45. The Kier molecular flexibility index (Phi) is 7.19. The van der Waals surface area contributed by atoms with Crippen LogP contribution in [0, 0.1) is 11.8 Å². The van der Waals surface area contributed by atoms with Gasteiger partial charge in [0.2, 0.25) is 15.9 Å². The molecule has 1 aromatic rings. The fraction of sp³-hybridized carbons (Fsp3) is 0.667. The number of amides is 1. The minimum atomic E-state index is -3.88. The van der Waals surface area contributed by atoms with Crippen molar-refractivity contribution >= 4 is 21.6 Å². The third kappa shape index (κ3) is 5.29. The summed E-state index contributed by atoms with van der Waals surface area (Å²) in [4.78, 5) is 15.0. The molecule has 2 aliphatic heterocycles. The highest BCUT2D eigenvalue weighted by Crippen LogP contribution is 2.31. The Morgan fingerprint density at radius 3 is 2.69 bits per heavy atom. The van der Waals surface area contributed by atoms with E-state index in [9.17, 15) is 18.3 Å². The zero-order chi connectivity index (χ0) is 21.0. The average molecular weight is 424 g/mol. The van der Waals surface area contributed by atoms with E-state index in [0.29, 0.717) is 37.0 Å². The van der Waals surface area contributed by atoms with Crippen LogP contribution in [0.5, 0.6) is 0 Å². The molecule has 7 nitrogen and oxygen atoms in total. The molecule has 0 spiro atoms. The molecule has 2 atom stereocenters. The number of fused-ring (bicyclic) bond motifs is 1. The van der Waals surface area contributed by atoms with Gasteiger partial charge in [0, 0.05) is 26.2 Å². The maximum Gasteiger partial charge on any atom is 0.243 e. The molecule has 1 unspecified atom stereocenters. The van der Waals surface area contributed by atoms with Crippen LogP contribution in [0.4, 0.5) is 5.69 Å². The number of nitrogens with zero attached hydrogens (tertiary/aromatic N) is 1. The molecule has 1 amide bonds. The van der Waals surface area contributed by atoms with Gasteiger partial charge in [0.25, 0.3) is 0 Å². The monoisotopic (exact) mass is 423 g/mol. The van der Waals surface area contributed by atoms with E-state index >= 15 is 0 Å². The average Bonchev–Trinajstić information content (AvgIpc) is 2.70. The van der Waals surface area contributed by atoms with Crippen molar-refractivity contribution in [2.75, 3.05) is 31.6 Å². The number of piperidine rings is 1. The van der Waals surface area contributed by atoms with Gasteiger partial charge < -0.3 is 15.3 Å². The lowest BCUT2D eigenvalue weighted by Gasteiger charge is -2.33. The van der Waals surface area contributed by atoms with Crippen LogP contribution < -0.4 is 10.0 Å². The second-order valence-electron chi connectivity index (χ2n) is 8.53. The predicted octanol–water partition coefficient (Wildman–Crippen LogP) is 1.97. The highest BCUT2D eigenvalue weighted by atomic mass is 32.2. The van der Waals surface area contributed by atoms with Gasteiger partial charge in [-0.05, 0) is 55.6 Å². The summed E-state index contributed by atoms with van der Waals surface area (Å²) >= 11 is 0. The quantitative estimate of drug-likeness (QED) is 0.623. The second kappa shape index (κ2) is 9.45. The van der Waals surface area contributed by atoms with Crippen molar-refractivity contribution in [1.82, 2.24) is 9.62 Å². The molecule has 2 aliphatic rings. The summed E-state index contributed by atoms with van der Waals surface area (Å²) < 4.78 is 29.1. The number of likely N-dealkylation sites (tertiary alicyclic amines) is 1. The van der Waals surface area contributed by atoms with Crippen molar-refractivity contribution < 1.29 is 18.3 Å². The largest absolute Gasteiger partial charge is 0.396 e. The number of sulfonamides is 1. The Morgan fingerprint density at radius 2 is 2.00 bits per heavy atom. The predicted molar refractivity (Wildman–Crippen MR) is 113 cm³/mol. The van der Waals surface area contributed by atoms with Gasteiger partial charge in [-0.1, -0.05) is 26.0 Å². The molecule has 1 aromatic carbocycles. The number of hydrogen-bond donors (Lipinski definition) is 3. The summed E-state index contributed by atoms with van der Waals surface area (Å²) in [6, 6.07) is 4.42. The minimum absolute atomic E-state index is 0.0806. The SMILES string of the molecule is CC1CCN(C(=O)[C@H](CCCO)NS(=O)(=O)c2cccc3c2NCC(C)C3)CC1. The topological polar surface area (TPSA) is 98.7 Å². The molecule has 0 saturated carbocycles. The molecule has 162 valence electrons. The lowest BCUT2D eigenvalue weighted by atomic mass is 9.96. The second-order valence-corrected chi connectivity index (χ2v) is 10.2. The molecule has 0 aromatic heterocycles. The first-order chi connectivity index (χ1) is 13.8. The molecular weight excluding hydrogens is 390 g/mol. The van der Waals surface area contributed by atoms with E-state index in [4.69, 9.17) is 0 Å². The van der Waals surface area contributed by atoms with Crippen LogP contribution >= 0.6 is 0 Å². The Labute approximate surface area is 173 Å². The molecule has 1 saturated heterocycles. The van der Waals surface area contributed by atoms with Crippen molar-refractivity contribution in [3.8, 4) is 0 Å². The first kappa shape index (κ1) is 22.1. The van der Waals surface area contributed by atoms with Crippen LogP contribution in [0.25, 0.3) is 0 Å². The zero-order valence-corrected chi connectivity index (χ0v) is 18.2. The van der Waals surface area contributed by atoms with Gasteiger partial charge in [-0.25, -0.2) is 8.42 Å². The van der Waals surface area contributed by atoms with Crippen LogP contribution in [-0.2, 0) is 21.2 Å². The minimum Gasteiger partial charge on any atom is -0.396 e. The number of aliphatic hydroxyl groups excluding tert-OH is 1. The van der Waals surface area contributed by atoms with E-state index in [1.807, 2.05) is 6.07 Å². The van der Waals surface area contributed by atoms with Gasteiger partial charge in [0.05, 0.1) is 5.69 Å². The van der Waals surface area contributed by atoms with Gasteiger partial charge in [-0.15, -0.1) is 0 Å². The molecule has 3 rings (SSSR count). The van der Waals surface area contributed by atoms with E-state index < -0.39 is 16.1 Å². The van der Waals surface area contributed by atoms with Crippen molar-refractivity contribution in [3.63, 3.8) is 0 Å². The van der Waals surface area contributed by atoms with Gasteiger partial charge in [0.15, 0.2) is 0 Å². The van der Waals surface area contributed by atoms with Crippen LogP contribution in [0.2, 0.25) is 0 Å². The Morgan fingerprint density at radius 1 is 1.28 bits per heavy atom. The fourth-order valence-corrected chi connectivity index (χ4v) is 5.57. The maximum atomic E-state index is 13.2. The normalized spacial score (nSPS) is 21.3. The number of carbonyl (C=O) groups excluding carboxylic acids is 1. The van der Waals surface area contributed by atoms with Crippen LogP contribution in [-0.4, -0.2) is 56.6 Å². The molecule has 3 N–H and O–H groups in total. The number of nitrogens with one attached hydrogen (secondary N) is 2. The van der Waals surface area contributed by atoms with Crippen molar-refractivity contribution in [2.45, 2.75) is 56.9 Å². The smallest absolute Gasteiger partial charge is 0.243 e. The third-order valence-electron chi connectivity index (χ3n) is 5.94. The Balaban J connectivity index is 1.81. The Bertz CT molecular complexity index is 819. The molecule has 8 heteroatoms. The number of hydrogen-bond acceptors (Lipinski definition) is 5. The first-order valence-corrected chi connectivity index (χ1v) is 12.1. The summed E-state index contributed by atoms with van der Waals surface area (Å²) in [6.45, 7) is 6.23. The molecule has 29 heavy (non-hydrogen) atoms. The molecule has 0 bridgehead atoms. The molecule has 0 radical (unpaired) electrons. The maximum absolute atomic E-state index is 13.2. The van der Waals surface area contributed by atoms with E-state index in [0.717, 1.165) is 31.4 Å². The number of rotatable bonds is 7. The standard InChI is InChI=1S/C21H33N3O4S/c1-15-8-10-24(11-9-15)21(26)18(6-4-12-25)23-29(27,28)19-7-3-5-17-13-16(2)14-22-20(17)19/h3,5,7,15-16,18,22-23,25H,4,6,8-14H2,1-2H3/t16?,18-/m0/s1. The van der Waals surface area contributed by atoms with Crippen LogP contribution in [0.3, 0.4) is 0 Å². The van der Waals surface area contributed by atoms with E-state index in [1.165, 1.54) is 0 Å². The van der Waals surface area contributed by atoms with Crippen LogP contribution in [0.1, 0.15) is 45.1 Å². The Hall–Kier alpha value is -1.64. The molecule has 1 fully saturated rings. The number of aliphatic hydroxyl groups is 1. The fourth-order valence-electron chi connectivity index (χ4n) is 4.12. The first-order valence-electron chi connectivity index (χ1n) is 10.6. The van der Waals surface area contributed by atoms with Crippen LogP contribution in [0.15, 0.2) is 23.1 Å². The molecule has 0 aliphatic carbocycles. The summed E-state index contributed by atoms with van der Waals surface area (Å²) in [5.74, 6) is 0.824. The summed E-state index contributed by atoms with van der Waals surface area (Å²) in [6.07, 6.45) is 3.33. The lowest BCUT2D eigenvalue weighted by molar-refractivity contribution is -0.134. The van der Waals surface area contributed by atoms with Gasteiger partial charge in [0.1, 0.15) is 10.9 Å². The highest BCUT2D eigenvalue weighted by Gasteiger charge is 2.32. The number of benzene rings is 1. The number of para-hydroxylation sites is 1. The number of anilines is 1. The molecule has 2 heterocycles. The summed E-state index contributed by atoms with van der Waals surface area (Å²) in [5, 5.41) is 12.5. The van der Waals surface area contributed by atoms with Gasteiger partial charge in [-0.2, -0.15) is 4.72 Å². The highest BCUT2D eigenvalue weighted by molar-refractivity contribution is 7.89. The van der Waals surface area contributed by atoms with E-state index in [2.05, 4.69) is 23.9 Å². The van der Waals surface area contributed by atoms with Gasteiger partial charge in [-0.3, -0.25) is 4.79 Å². The van der Waals surface area contributed by atoms with Crippen molar-refractivity contribution in [1.29, 1.82) is 0 Å². The summed E-state index contributed by atoms with van der Waals surface area (Å²) in [5.41, 5.74) is 1.62. The van der Waals surface area contributed by atoms with Gasteiger partial charge >= 0.3 is 0 Å².